The lowest BCUT2D eigenvalue weighted by Gasteiger charge is -2.26. The summed E-state index contributed by atoms with van der Waals surface area (Å²) in [5.41, 5.74) is 0.185. The first-order valence-electron chi connectivity index (χ1n) is 10.1. The van der Waals surface area contributed by atoms with Gasteiger partial charge in [0.1, 0.15) is 17.9 Å². The summed E-state index contributed by atoms with van der Waals surface area (Å²) in [6, 6.07) is 5.28. The topological polar surface area (TPSA) is 83.1 Å². The Morgan fingerprint density at radius 2 is 2.00 bits per heavy atom. The maximum absolute atomic E-state index is 13.4. The van der Waals surface area contributed by atoms with Crippen LogP contribution in [0, 0.1) is 17.8 Å². The molecule has 0 radical (unpaired) electrons. The number of anilines is 1. The van der Waals surface area contributed by atoms with Gasteiger partial charge < -0.3 is 10.6 Å². The predicted molar refractivity (Wildman–Crippen MR) is 106 cm³/mol. The van der Waals surface area contributed by atoms with Crippen LogP contribution in [0.25, 0.3) is 0 Å². The Balaban J connectivity index is 1.84. The predicted octanol–water partition coefficient (Wildman–Crippen LogP) is 1.88. The van der Waals surface area contributed by atoms with Crippen LogP contribution in [-0.2, 0) is 19.9 Å². The summed E-state index contributed by atoms with van der Waals surface area (Å²) >= 11 is 6.33. The highest BCUT2D eigenvalue weighted by atomic mass is 35.5. The van der Waals surface area contributed by atoms with Gasteiger partial charge >= 0.3 is 0 Å². The molecule has 4 rings (SSSR count). The minimum Gasteiger partial charge on any atom is -0.326 e. The van der Waals surface area contributed by atoms with Crippen molar-refractivity contribution in [3.8, 4) is 0 Å². The smallest absolute Gasteiger partial charge is 0.291 e. The molecular formula is C21H27ClN3O3+. The van der Waals surface area contributed by atoms with E-state index in [1.165, 1.54) is 4.90 Å². The molecule has 6 nitrogen and oxygen atoms in total. The van der Waals surface area contributed by atoms with Crippen LogP contribution in [0.2, 0.25) is 5.02 Å². The van der Waals surface area contributed by atoms with Crippen molar-refractivity contribution in [1.29, 1.82) is 0 Å². The molecule has 4 atom stereocenters. The number of carbonyl (C=O) groups is 3. The van der Waals surface area contributed by atoms with Gasteiger partial charge in [0.25, 0.3) is 5.91 Å². The Labute approximate surface area is 170 Å². The molecular weight excluding hydrogens is 378 g/mol. The lowest BCUT2D eigenvalue weighted by Crippen LogP contribution is -2.99. The largest absolute Gasteiger partial charge is 0.326 e. The second-order valence-electron chi connectivity index (χ2n) is 8.63. The summed E-state index contributed by atoms with van der Waals surface area (Å²) < 4.78 is 0. The lowest BCUT2D eigenvalue weighted by molar-refractivity contribution is -0.734. The molecule has 3 amide bonds. The molecule has 1 aromatic rings. The minimum absolute atomic E-state index is 0.108. The number of fused-ring (bicyclic) bond motifs is 4. The van der Waals surface area contributed by atoms with E-state index in [2.05, 4.69) is 19.2 Å². The van der Waals surface area contributed by atoms with Crippen LogP contribution in [0.4, 0.5) is 5.69 Å². The Morgan fingerprint density at radius 3 is 2.68 bits per heavy atom. The highest BCUT2D eigenvalue weighted by Gasteiger charge is 2.74. The lowest BCUT2D eigenvalue weighted by atomic mass is 9.76. The molecule has 3 heterocycles. The van der Waals surface area contributed by atoms with E-state index in [1.807, 2.05) is 18.3 Å². The van der Waals surface area contributed by atoms with Crippen LogP contribution < -0.4 is 10.6 Å². The third-order valence-corrected chi connectivity index (χ3v) is 6.74. The van der Waals surface area contributed by atoms with Crippen molar-refractivity contribution >= 4 is 35.0 Å². The fourth-order valence-electron chi connectivity index (χ4n) is 5.31. The van der Waals surface area contributed by atoms with Crippen molar-refractivity contribution in [2.24, 2.45) is 17.8 Å². The SMILES string of the molecule is CCCCN1C(=O)[C@H]2[C@@H](C1=O)[C@]1([NH2+][C@@H]2CC(C)C)C(=O)Nc2c(Cl)cccc21. The second kappa shape index (κ2) is 6.85. The Bertz CT molecular complexity index is 855. The molecule has 7 heteroatoms. The van der Waals surface area contributed by atoms with Gasteiger partial charge in [-0.05, 0) is 24.5 Å². The first-order chi connectivity index (χ1) is 13.3. The second-order valence-corrected chi connectivity index (χ2v) is 9.04. The average molecular weight is 405 g/mol. The van der Waals surface area contributed by atoms with E-state index in [4.69, 9.17) is 11.6 Å². The van der Waals surface area contributed by atoms with Crippen LogP contribution in [0.3, 0.4) is 0 Å². The number of rotatable bonds is 5. The number of hydrogen-bond donors (Lipinski definition) is 2. The number of amides is 3. The maximum atomic E-state index is 13.4. The number of benzene rings is 1. The number of nitrogens with two attached hydrogens (primary N) is 1. The van der Waals surface area contributed by atoms with Crippen molar-refractivity contribution in [2.75, 3.05) is 11.9 Å². The fourth-order valence-corrected chi connectivity index (χ4v) is 5.53. The Kier molecular flexibility index (Phi) is 4.74. The molecule has 3 N–H and O–H groups in total. The molecule has 0 aliphatic carbocycles. The molecule has 1 spiro atoms. The summed E-state index contributed by atoms with van der Waals surface area (Å²) in [6.07, 6.45) is 2.45. The van der Waals surface area contributed by atoms with E-state index in [0.29, 0.717) is 23.2 Å². The number of nitrogens with one attached hydrogen (secondary N) is 1. The minimum atomic E-state index is -1.11. The van der Waals surface area contributed by atoms with Crippen molar-refractivity contribution in [2.45, 2.75) is 51.6 Å². The van der Waals surface area contributed by atoms with E-state index in [-0.39, 0.29) is 23.8 Å². The van der Waals surface area contributed by atoms with Crippen molar-refractivity contribution in [3.05, 3.63) is 28.8 Å². The van der Waals surface area contributed by atoms with Crippen molar-refractivity contribution in [3.63, 3.8) is 0 Å². The zero-order valence-electron chi connectivity index (χ0n) is 16.5. The Hall–Kier alpha value is -1.92. The van der Waals surface area contributed by atoms with Crippen LogP contribution in [0.15, 0.2) is 18.2 Å². The highest BCUT2D eigenvalue weighted by molar-refractivity contribution is 6.35. The number of imide groups is 1. The first-order valence-corrected chi connectivity index (χ1v) is 10.5. The molecule has 0 saturated carbocycles. The fraction of sp³-hybridized carbons (Fsp3) is 0.571. The highest BCUT2D eigenvalue weighted by Crippen LogP contribution is 2.51. The summed E-state index contributed by atoms with van der Waals surface area (Å²) in [5, 5.41) is 5.33. The number of hydrogen-bond acceptors (Lipinski definition) is 3. The first kappa shape index (κ1) is 19.4. The third kappa shape index (κ3) is 2.54. The van der Waals surface area contributed by atoms with Crippen LogP contribution >= 0.6 is 11.6 Å². The number of carbonyl (C=O) groups excluding carboxylic acids is 3. The number of unbranched alkanes of at least 4 members (excludes halogenated alkanes) is 1. The van der Waals surface area contributed by atoms with Gasteiger partial charge in [0.05, 0.1) is 10.7 Å². The van der Waals surface area contributed by atoms with Gasteiger partial charge in [0, 0.05) is 18.5 Å². The molecule has 1 aromatic carbocycles. The van der Waals surface area contributed by atoms with E-state index in [9.17, 15) is 14.4 Å². The van der Waals surface area contributed by atoms with Gasteiger partial charge in [-0.3, -0.25) is 19.3 Å². The number of nitrogens with zero attached hydrogens (tertiary/aromatic N) is 1. The molecule has 2 saturated heterocycles. The number of quaternary nitrogens is 1. The van der Waals surface area contributed by atoms with Gasteiger partial charge in [0.2, 0.25) is 17.4 Å². The van der Waals surface area contributed by atoms with Crippen molar-refractivity contribution in [1.82, 2.24) is 4.90 Å². The molecule has 0 bridgehead atoms. The molecule has 3 aliphatic rings. The number of para-hydroxylation sites is 1. The zero-order valence-corrected chi connectivity index (χ0v) is 17.3. The van der Waals surface area contributed by atoms with E-state index in [1.54, 1.807) is 12.1 Å². The summed E-state index contributed by atoms with van der Waals surface area (Å²) in [6.45, 7) is 6.66. The van der Waals surface area contributed by atoms with Crippen molar-refractivity contribution < 1.29 is 19.7 Å². The average Bonchev–Trinajstić information content (AvgIpc) is 3.20. The van der Waals surface area contributed by atoms with E-state index >= 15 is 0 Å². The molecule has 2 fully saturated rings. The van der Waals surface area contributed by atoms with Gasteiger partial charge in [-0.1, -0.05) is 44.9 Å². The quantitative estimate of drug-likeness (QED) is 0.735. The third-order valence-electron chi connectivity index (χ3n) is 6.42. The van der Waals surface area contributed by atoms with Gasteiger partial charge in [0.15, 0.2) is 0 Å². The summed E-state index contributed by atoms with van der Waals surface area (Å²) in [5.74, 6) is -1.37. The van der Waals surface area contributed by atoms with Gasteiger partial charge in [-0.2, -0.15) is 0 Å². The normalized spacial score (nSPS) is 31.1. The maximum Gasteiger partial charge on any atom is 0.291 e. The standard InChI is InChI=1S/C21H26ClN3O3/c1-4-5-9-25-18(26)15-14(10-11(2)3)24-21(16(15)19(25)27)12-7-6-8-13(22)17(12)23-20(21)28/h6-8,11,14-16,24H,4-5,9-10H2,1-3H3,(H,23,28)/p+1/t14-,15-,16+,21+/m1/s1. The number of halogens is 1. The van der Waals surface area contributed by atoms with Crippen LogP contribution in [0.1, 0.15) is 45.6 Å². The molecule has 28 heavy (non-hydrogen) atoms. The monoisotopic (exact) mass is 404 g/mol. The van der Waals surface area contributed by atoms with Crippen LogP contribution in [-0.4, -0.2) is 35.2 Å². The number of likely N-dealkylation sites (tertiary alicyclic amines) is 1. The molecule has 150 valence electrons. The Morgan fingerprint density at radius 1 is 1.25 bits per heavy atom. The van der Waals surface area contributed by atoms with Gasteiger partial charge in [-0.25, -0.2) is 0 Å². The molecule has 3 aliphatic heterocycles. The van der Waals surface area contributed by atoms with E-state index < -0.39 is 17.4 Å². The molecule has 0 unspecified atom stereocenters. The summed E-state index contributed by atoms with van der Waals surface area (Å²) in [7, 11) is 0. The molecule has 0 aromatic heterocycles. The summed E-state index contributed by atoms with van der Waals surface area (Å²) in [4.78, 5) is 41.3. The van der Waals surface area contributed by atoms with E-state index in [0.717, 1.165) is 24.8 Å². The van der Waals surface area contributed by atoms with Gasteiger partial charge in [-0.15, -0.1) is 0 Å². The van der Waals surface area contributed by atoms with Crippen LogP contribution in [0.5, 0.6) is 0 Å². The zero-order chi connectivity index (χ0) is 20.2.